The third-order valence-corrected chi connectivity index (χ3v) is 3.54. The molecule has 0 heterocycles. The summed E-state index contributed by atoms with van der Waals surface area (Å²) < 4.78 is 0. The fourth-order valence-corrected chi connectivity index (χ4v) is 2.41. The highest BCUT2D eigenvalue weighted by Gasteiger charge is 2.09. The number of carbonyl (C=O) groups excluding carboxylic acids is 1. The first-order chi connectivity index (χ1) is 9.29. The van der Waals surface area contributed by atoms with Crippen molar-refractivity contribution in [3.05, 3.63) is 47.0 Å². The van der Waals surface area contributed by atoms with Crippen LogP contribution in [0.2, 0.25) is 0 Å². The van der Waals surface area contributed by atoms with E-state index >= 15 is 0 Å². The van der Waals surface area contributed by atoms with E-state index in [4.69, 9.17) is 0 Å². The maximum Gasteiger partial charge on any atom is 0.224 e. The summed E-state index contributed by atoms with van der Waals surface area (Å²) in [5, 5.41) is 12.2. The molecular weight excluding hydrogens is 238 g/mol. The number of hydrogen-bond acceptors (Lipinski definition) is 2. The zero-order valence-electron chi connectivity index (χ0n) is 11.2. The van der Waals surface area contributed by atoms with Gasteiger partial charge in [-0.3, -0.25) is 4.79 Å². The maximum absolute atomic E-state index is 11.9. The van der Waals surface area contributed by atoms with E-state index in [-0.39, 0.29) is 12.5 Å². The Morgan fingerprint density at radius 3 is 2.68 bits per heavy atom. The van der Waals surface area contributed by atoms with Crippen LogP contribution in [0.5, 0.6) is 0 Å². The highest BCUT2D eigenvalue weighted by molar-refractivity contribution is 5.78. The van der Waals surface area contributed by atoms with Crippen LogP contribution < -0.4 is 5.32 Å². The number of nitrogens with one attached hydrogen (secondary N) is 1. The predicted molar refractivity (Wildman–Crippen MR) is 75.4 cm³/mol. The number of aliphatic hydroxyl groups excluding tert-OH is 1. The molecule has 0 spiro atoms. The molecule has 0 radical (unpaired) electrons. The number of rotatable bonds is 5. The lowest BCUT2D eigenvalue weighted by Crippen LogP contribution is -2.23. The SMILES string of the molecule is O=C(CC1=CCCCC1)NCc1ccccc1CO. The van der Waals surface area contributed by atoms with Gasteiger partial charge >= 0.3 is 0 Å². The molecule has 0 bridgehead atoms. The molecular formula is C16H21NO2. The average Bonchev–Trinajstić information content (AvgIpc) is 2.46. The molecule has 0 aromatic heterocycles. The molecule has 0 saturated carbocycles. The minimum Gasteiger partial charge on any atom is -0.392 e. The molecule has 1 aliphatic carbocycles. The van der Waals surface area contributed by atoms with Gasteiger partial charge in [-0.25, -0.2) is 0 Å². The molecule has 1 aliphatic rings. The van der Waals surface area contributed by atoms with Crippen molar-refractivity contribution in [2.24, 2.45) is 0 Å². The minimum atomic E-state index is 0.0111. The van der Waals surface area contributed by atoms with Crippen LogP contribution in [-0.2, 0) is 17.9 Å². The van der Waals surface area contributed by atoms with Crippen molar-refractivity contribution >= 4 is 5.91 Å². The lowest BCUT2D eigenvalue weighted by Gasteiger charge is -2.13. The van der Waals surface area contributed by atoms with E-state index in [1.807, 2.05) is 24.3 Å². The van der Waals surface area contributed by atoms with Crippen molar-refractivity contribution < 1.29 is 9.90 Å². The number of aliphatic hydroxyl groups is 1. The van der Waals surface area contributed by atoms with E-state index in [1.165, 1.54) is 18.4 Å². The van der Waals surface area contributed by atoms with Gasteiger partial charge in [0.05, 0.1) is 6.61 Å². The third-order valence-electron chi connectivity index (χ3n) is 3.54. The standard InChI is InChI=1S/C16H21NO2/c18-12-15-9-5-4-8-14(15)11-17-16(19)10-13-6-2-1-3-7-13/h4-6,8-9,18H,1-3,7,10-12H2,(H,17,19). The zero-order chi connectivity index (χ0) is 13.5. The van der Waals surface area contributed by atoms with Gasteiger partial charge in [0.25, 0.3) is 0 Å². The second-order valence-corrected chi connectivity index (χ2v) is 4.99. The molecule has 1 aromatic carbocycles. The Kier molecular flexibility index (Phi) is 5.16. The Morgan fingerprint density at radius 1 is 1.21 bits per heavy atom. The Bertz CT molecular complexity index is 466. The highest BCUT2D eigenvalue weighted by atomic mass is 16.3. The Labute approximate surface area is 114 Å². The lowest BCUT2D eigenvalue weighted by atomic mass is 9.97. The lowest BCUT2D eigenvalue weighted by molar-refractivity contribution is -0.120. The zero-order valence-corrected chi connectivity index (χ0v) is 11.2. The van der Waals surface area contributed by atoms with Gasteiger partial charge in [0.15, 0.2) is 0 Å². The smallest absolute Gasteiger partial charge is 0.224 e. The predicted octanol–water partition coefficient (Wildman–Crippen LogP) is 2.69. The summed E-state index contributed by atoms with van der Waals surface area (Å²) in [6.45, 7) is 0.500. The number of benzene rings is 1. The summed E-state index contributed by atoms with van der Waals surface area (Å²) in [5.41, 5.74) is 3.12. The van der Waals surface area contributed by atoms with Gasteiger partial charge < -0.3 is 10.4 Å². The monoisotopic (exact) mass is 259 g/mol. The third kappa shape index (κ3) is 4.21. The molecule has 0 saturated heterocycles. The van der Waals surface area contributed by atoms with Crippen LogP contribution in [0, 0.1) is 0 Å². The first-order valence-corrected chi connectivity index (χ1v) is 6.92. The Hall–Kier alpha value is -1.61. The second kappa shape index (κ2) is 7.10. The fraction of sp³-hybridized carbons (Fsp3) is 0.438. The van der Waals surface area contributed by atoms with E-state index in [0.717, 1.165) is 24.0 Å². The van der Waals surface area contributed by atoms with E-state index < -0.39 is 0 Å². The molecule has 0 atom stereocenters. The van der Waals surface area contributed by atoms with Crippen molar-refractivity contribution in [1.82, 2.24) is 5.32 Å². The van der Waals surface area contributed by atoms with E-state index in [9.17, 15) is 9.90 Å². The van der Waals surface area contributed by atoms with Crippen LogP contribution in [-0.4, -0.2) is 11.0 Å². The fourth-order valence-electron chi connectivity index (χ4n) is 2.41. The van der Waals surface area contributed by atoms with Crippen LogP contribution in [0.25, 0.3) is 0 Å². The molecule has 1 aromatic rings. The van der Waals surface area contributed by atoms with Crippen LogP contribution in [0.4, 0.5) is 0 Å². The van der Waals surface area contributed by atoms with E-state index in [2.05, 4.69) is 11.4 Å². The Balaban J connectivity index is 1.84. The second-order valence-electron chi connectivity index (χ2n) is 4.99. The summed E-state index contributed by atoms with van der Waals surface area (Å²) in [4.78, 5) is 11.9. The summed E-state index contributed by atoms with van der Waals surface area (Å²) in [6, 6.07) is 7.63. The van der Waals surface area contributed by atoms with Crippen LogP contribution in [0.1, 0.15) is 43.2 Å². The molecule has 2 rings (SSSR count). The first-order valence-electron chi connectivity index (χ1n) is 6.92. The van der Waals surface area contributed by atoms with Gasteiger partial charge in [0, 0.05) is 13.0 Å². The first kappa shape index (κ1) is 13.8. The average molecular weight is 259 g/mol. The van der Waals surface area contributed by atoms with Gasteiger partial charge in [-0.05, 0) is 36.8 Å². The van der Waals surface area contributed by atoms with Gasteiger partial charge in [-0.1, -0.05) is 35.9 Å². The number of hydrogen-bond donors (Lipinski definition) is 2. The molecule has 1 amide bonds. The highest BCUT2D eigenvalue weighted by Crippen LogP contribution is 2.19. The van der Waals surface area contributed by atoms with Crippen LogP contribution >= 0.6 is 0 Å². The Morgan fingerprint density at radius 2 is 2.00 bits per heavy atom. The van der Waals surface area contributed by atoms with E-state index in [1.54, 1.807) is 0 Å². The summed E-state index contributed by atoms with van der Waals surface area (Å²) in [5.74, 6) is 0.0703. The summed E-state index contributed by atoms with van der Waals surface area (Å²) >= 11 is 0. The molecule has 0 aliphatic heterocycles. The normalized spacial score (nSPS) is 14.9. The minimum absolute atomic E-state index is 0.0111. The van der Waals surface area contributed by atoms with Crippen molar-refractivity contribution in [3.63, 3.8) is 0 Å². The van der Waals surface area contributed by atoms with E-state index in [0.29, 0.717) is 13.0 Å². The van der Waals surface area contributed by atoms with Gasteiger partial charge in [-0.15, -0.1) is 0 Å². The number of amides is 1. The largest absolute Gasteiger partial charge is 0.392 e. The topological polar surface area (TPSA) is 49.3 Å². The number of carbonyl (C=O) groups is 1. The van der Waals surface area contributed by atoms with Gasteiger partial charge in [0.1, 0.15) is 0 Å². The van der Waals surface area contributed by atoms with Crippen molar-refractivity contribution in [2.45, 2.75) is 45.3 Å². The molecule has 3 heteroatoms. The van der Waals surface area contributed by atoms with Crippen molar-refractivity contribution in [1.29, 1.82) is 0 Å². The van der Waals surface area contributed by atoms with Crippen LogP contribution in [0.3, 0.4) is 0 Å². The molecule has 0 unspecified atom stereocenters. The quantitative estimate of drug-likeness (QED) is 0.799. The molecule has 3 nitrogen and oxygen atoms in total. The summed E-state index contributed by atoms with van der Waals surface area (Å²) in [7, 11) is 0. The molecule has 0 fully saturated rings. The van der Waals surface area contributed by atoms with Gasteiger partial charge in [0.2, 0.25) is 5.91 Å². The molecule has 102 valence electrons. The van der Waals surface area contributed by atoms with Crippen molar-refractivity contribution in [2.75, 3.05) is 0 Å². The van der Waals surface area contributed by atoms with Gasteiger partial charge in [-0.2, -0.15) is 0 Å². The van der Waals surface area contributed by atoms with Crippen molar-refractivity contribution in [3.8, 4) is 0 Å². The molecule has 19 heavy (non-hydrogen) atoms. The summed E-state index contributed by atoms with van der Waals surface area (Å²) in [6.07, 6.45) is 7.32. The maximum atomic E-state index is 11.9. The molecule has 2 N–H and O–H groups in total. The number of allylic oxidation sites excluding steroid dienone is 1. The van der Waals surface area contributed by atoms with Crippen LogP contribution in [0.15, 0.2) is 35.9 Å².